The van der Waals surface area contributed by atoms with Crippen LogP contribution in [0, 0.1) is 0 Å². The minimum Gasteiger partial charge on any atom is -0.496 e. The van der Waals surface area contributed by atoms with Gasteiger partial charge in [0.15, 0.2) is 5.96 Å². The minimum absolute atomic E-state index is 0. The van der Waals surface area contributed by atoms with Crippen molar-refractivity contribution in [2.24, 2.45) is 4.99 Å². The standard InChI is InChI=1S/C21H32N4O2.HI/c1-15-10-16-11-19(26-3)17(12-20(16)27-15)13-23-21(22-2)25-9-6-18(14-25)24-7-4-5-8-24;/h11-12,15,18H,4-10,13-14H2,1-3H3,(H,22,23);1H. The number of hydrogen-bond acceptors (Lipinski definition) is 4. The van der Waals surface area contributed by atoms with E-state index in [0.717, 1.165) is 42.5 Å². The first-order valence-corrected chi connectivity index (χ1v) is 10.2. The summed E-state index contributed by atoms with van der Waals surface area (Å²) in [6.45, 7) is 7.46. The lowest BCUT2D eigenvalue weighted by Crippen LogP contribution is -2.42. The number of nitrogens with zero attached hydrogens (tertiary/aromatic N) is 3. The van der Waals surface area contributed by atoms with Gasteiger partial charge in [0.05, 0.1) is 7.11 Å². The second kappa shape index (κ2) is 9.52. The van der Waals surface area contributed by atoms with Crippen molar-refractivity contribution in [1.82, 2.24) is 15.1 Å². The van der Waals surface area contributed by atoms with Gasteiger partial charge in [0, 0.05) is 50.3 Å². The minimum atomic E-state index is 0. The van der Waals surface area contributed by atoms with Crippen molar-refractivity contribution in [3.05, 3.63) is 23.3 Å². The van der Waals surface area contributed by atoms with E-state index in [1.54, 1.807) is 7.11 Å². The summed E-state index contributed by atoms with van der Waals surface area (Å²) in [6, 6.07) is 4.92. The van der Waals surface area contributed by atoms with Gasteiger partial charge in [0.25, 0.3) is 0 Å². The third-order valence-corrected chi connectivity index (χ3v) is 6.07. The lowest BCUT2D eigenvalue weighted by molar-refractivity contribution is 0.249. The van der Waals surface area contributed by atoms with Crippen molar-refractivity contribution in [2.45, 2.75) is 51.3 Å². The molecule has 3 aliphatic rings. The van der Waals surface area contributed by atoms with E-state index in [2.05, 4.69) is 39.2 Å². The van der Waals surface area contributed by atoms with Crippen LogP contribution in [0.3, 0.4) is 0 Å². The zero-order chi connectivity index (χ0) is 18.8. The van der Waals surface area contributed by atoms with Gasteiger partial charge in [-0.3, -0.25) is 9.89 Å². The Morgan fingerprint density at radius 2 is 2.07 bits per heavy atom. The molecule has 3 heterocycles. The van der Waals surface area contributed by atoms with Gasteiger partial charge in [0.1, 0.15) is 17.6 Å². The first kappa shape index (κ1) is 21.5. The molecule has 3 aliphatic heterocycles. The fourth-order valence-corrected chi connectivity index (χ4v) is 4.66. The Kier molecular flexibility index (Phi) is 7.31. The molecule has 1 aromatic carbocycles. The molecule has 0 aliphatic carbocycles. The number of rotatable bonds is 4. The maximum Gasteiger partial charge on any atom is 0.193 e. The maximum absolute atomic E-state index is 5.92. The molecule has 2 saturated heterocycles. The number of methoxy groups -OCH3 is 1. The number of guanidine groups is 1. The smallest absolute Gasteiger partial charge is 0.193 e. The topological polar surface area (TPSA) is 49.3 Å². The van der Waals surface area contributed by atoms with Crippen LogP contribution in [0.5, 0.6) is 11.5 Å². The number of aliphatic imine (C=N–C) groups is 1. The van der Waals surface area contributed by atoms with Gasteiger partial charge in [-0.1, -0.05) is 0 Å². The number of nitrogens with one attached hydrogen (secondary N) is 1. The molecule has 0 aromatic heterocycles. The Hall–Kier alpha value is -1.22. The van der Waals surface area contributed by atoms with Crippen LogP contribution < -0.4 is 14.8 Å². The van der Waals surface area contributed by atoms with Gasteiger partial charge in [-0.25, -0.2) is 0 Å². The van der Waals surface area contributed by atoms with Crippen LogP contribution in [-0.4, -0.2) is 68.2 Å². The predicted octanol–water partition coefficient (Wildman–Crippen LogP) is 2.88. The average molecular weight is 500 g/mol. The molecule has 0 saturated carbocycles. The zero-order valence-corrected chi connectivity index (χ0v) is 19.6. The number of benzene rings is 1. The van der Waals surface area contributed by atoms with Gasteiger partial charge in [0.2, 0.25) is 0 Å². The van der Waals surface area contributed by atoms with Crippen molar-refractivity contribution >= 4 is 29.9 Å². The van der Waals surface area contributed by atoms with Gasteiger partial charge < -0.3 is 19.7 Å². The van der Waals surface area contributed by atoms with Gasteiger partial charge >= 0.3 is 0 Å². The van der Waals surface area contributed by atoms with Crippen molar-refractivity contribution < 1.29 is 9.47 Å². The fourth-order valence-electron chi connectivity index (χ4n) is 4.66. The second-order valence-electron chi connectivity index (χ2n) is 7.94. The molecule has 2 fully saturated rings. The summed E-state index contributed by atoms with van der Waals surface area (Å²) in [5.41, 5.74) is 2.35. The fraction of sp³-hybridized carbons (Fsp3) is 0.667. The molecule has 7 heteroatoms. The van der Waals surface area contributed by atoms with Crippen molar-refractivity contribution in [3.63, 3.8) is 0 Å². The molecule has 0 bridgehead atoms. The van der Waals surface area contributed by atoms with Crippen LogP contribution in [0.4, 0.5) is 0 Å². The predicted molar refractivity (Wildman–Crippen MR) is 123 cm³/mol. The molecule has 0 spiro atoms. The van der Waals surface area contributed by atoms with Crippen LogP contribution in [0.15, 0.2) is 17.1 Å². The quantitative estimate of drug-likeness (QED) is 0.392. The van der Waals surface area contributed by atoms with Crippen LogP contribution in [0.25, 0.3) is 0 Å². The third kappa shape index (κ3) is 4.50. The molecule has 4 rings (SSSR count). The number of hydrogen-bond donors (Lipinski definition) is 1. The van der Waals surface area contributed by atoms with Crippen LogP contribution >= 0.6 is 24.0 Å². The largest absolute Gasteiger partial charge is 0.496 e. The molecule has 1 aromatic rings. The summed E-state index contributed by atoms with van der Waals surface area (Å²) in [7, 11) is 3.61. The summed E-state index contributed by atoms with van der Waals surface area (Å²) in [6.07, 6.45) is 5.12. The molecule has 28 heavy (non-hydrogen) atoms. The average Bonchev–Trinajstić information content (AvgIpc) is 3.41. The Morgan fingerprint density at radius 3 is 2.79 bits per heavy atom. The zero-order valence-electron chi connectivity index (χ0n) is 17.2. The first-order chi connectivity index (χ1) is 13.2. The summed E-state index contributed by atoms with van der Waals surface area (Å²) >= 11 is 0. The molecule has 1 N–H and O–H groups in total. The third-order valence-electron chi connectivity index (χ3n) is 6.07. The van der Waals surface area contributed by atoms with Gasteiger partial charge in [-0.15, -0.1) is 24.0 Å². The Bertz CT molecular complexity index is 706. The Labute approximate surface area is 185 Å². The molecule has 6 nitrogen and oxygen atoms in total. The summed E-state index contributed by atoms with van der Waals surface area (Å²) in [5.74, 6) is 2.89. The normalized spacial score (nSPS) is 24.7. The first-order valence-electron chi connectivity index (χ1n) is 10.2. The number of fused-ring (bicyclic) bond motifs is 1. The van der Waals surface area contributed by atoms with E-state index >= 15 is 0 Å². The van der Waals surface area contributed by atoms with E-state index in [-0.39, 0.29) is 30.1 Å². The van der Waals surface area contributed by atoms with Crippen LogP contribution in [-0.2, 0) is 13.0 Å². The lowest BCUT2D eigenvalue weighted by Gasteiger charge is -2.25. The van der Waals surface area contributed by atoms with E-state index in [9.17, 15) is 0 Å². The van der Waals surface area contributed by atoms with Crippen molar-refractivity contribution in [3.8, 4) is 11.5 Å². The molecular weight excluding hydrogens is 467 g/mol. The highest BCUT2D eigenvalue weighted by Crippen LogP contribution is 2.35. The van der Waals surface area contributed by atoms with Crippen molar-refractivity contribution in [2.75, 3.05) is 40.3 Å². The van der Waals surface area contributed by atoms with E-state index in [4.69, 9.17) is 9.47 Å². The van der Waals surface area contributed by atoms with E-state index in [1.807, 2.05) is 7.05 Å². The molecule has 0 radical (unpaired) electrons. The molecule has 2 unspecified atom stereocenters. The van der Waals surface area contributed by atoms with E-state index in [1.165, 1.54) is 37.9 Å². The summed E-state index contributed by atoms with van der Waals surface area (Å²) < 4.78 is 11.5. The SMILES string of the molecule is CN=C(NCc1cc2c(cc1OC)CC(C)O2)N1CCC(N2CCCC2)C1.I. The van der Waals surface area contributed by atoms with E-state index < -0.39 is 0 Å². The highest BCUT2D eigenvalue weighted by atomic mass is 127. The second-order valence-corrected chi connectivity index (χ2v) is 7.94. The molecule has 156 valence electrons. The number of ether oxygens (including phenoxy) is 2. The number of likely N-dealkylation sites (tertiary alicyclic amines) is 2. The molecular formula is C21H33IN4O2. The van der Waals surface area contributed by atoms with E-state index in [0.29, 0.717) is 12.6 Å². The van der Waals surface area contributed by atoms with Gasteiger partial charge in [-0.2, -0.15) is 0 Å². The maximum atomic E-state index is 5.92. The van der Waals surface area contributed by atoms with Crippen LogP contribution in [0.2, 0.25) is 0 Å². The highest BCUT2D eigenvalue weighted by Gasteiger charge is 2.30. The summed E-state index contributed by atoms with van der Waals surface area (Å²) in [4.78, 5) is 9.57. The Morgan fingerprint density at radius 1 is 1.29 bits per heavy atom. The van der Waals surface area contributed by atoms with Crippen molar-refractivity contribution in [1.29, 1.82) is 0 Å². The lowest BCUT2D eigenvalue weighted by atomic mass is 10.1. The van der Waals surface area contributed by atoms with Crippen LogP contribution in [0.1, 0.15) is 37.3 Å². The highest BCUT2D eigenvalue weighted by molar-refractivity contribution is 14.0. The van der Waals surface area contributed by atoms with Gasteiger partial charge in [-0.05, 0) is 51.4 Å². The number of halogens is 1. The summed E-state index contributed by atoms with van der Waals surface area (Å²) in [5, 5.41) is 3.54. The molecule has 0 amide bonds. The molecule has 2 atom stereocenters. The Balaban J connectivity index is 0.00000225. The monoisotopic (exact) mass is 500 g/mol.